The molecule has 1 fully saturated rings. The molecule has 1 aromatic rings. The van der Waals surface area contributed by atoms with Crippen LogP contribution in [0.5, 0.6) is 0 Å². The first-order valence-corrected chi connectivity index (χ1v) is 4.26. The summed E-state index contributed by atoms with van der Waals surface area (Å²) in [6.07, 6.45) is 3.03. The van der Waals surface area contributed by atoms with E-state index in [1.54, 1.807) is 25.0 Å². The van der Waals surface area contributed by atoms with Crippen LogP contribution in [0.3, 0.4) is 0 Å². The van der Waals surface area contributed by atoms with Crippen LogP contribution in [0.4, 0.5) is 0 Å². The summed E-state index contributed by atoms with van der Waals surface area (Å²) >= 11 is 0. The summed E-state index contributed by atoms with van der Waals surface area (Å²) < 4.78 is 6.71. The lowest BCUT2D eigenvalue weighted by atomic mass is 9.75. The molecule has 2 rings (SSSR count). The lowest BCUT2D eigenvalue weighted by Crippen LogP contribution is -2.46. The van der Waals surface area contributed by atoms with E-state index in [9.17, 15) is 5.11 Å². The van der Waals surface area contributed by atoms with E-state index in [0.29, 0.717) is 12.8 Å². The van der Waals surface area contributed by atoms with Crippen molar-refractivity contribution in [3.8, 4) is 0 Å². The molecule has 0 aliphatic heterocycles. The minimum absolute atomic E-state index is 0.167. The van der Waals surface area contributed by atoms with Gasteiger partial charge in [0.1, 0.15) is 5.60 Å². The smallest absolute Gasteiger partial charge is 0.113 e. The van der Waals surface area contributed by atoms with Crippen LogP contribution < -0.4 is 0 Å². The van der Waals surface area contributed by atoms with Gasteiger partial charge in [-0.15, -0.1) is 5.10 Å². The van der Waals surface area contributed by atoms with Gasteiger partial charge in [0.2, 0.25) is 0 Å². The predicted molar refractivity (Wildman–Crippen MR) is 44.9 cm³/mol. The Labute approximate surface area is 76.3 Å². The molecule has 1 N–H and O–H groups in total. The zero-order valence-electron chi connectivity index (χ0n) is 7.77. The molecule has 1 heterocycles. The standard InChI is InChI=1S/C8H13N3O2/c1-11-7(5-9-10-11)8(12)3-6(4-8)13-2/h5-6,12H,3-4H2,1-2H3. The van der Waals surface area contributed by atoms with Gasteiger partial charge in [-0.1, -0.05) is 5.21 Å². The summed E-state index contributed by atoms with van der Waals surface area (Å²) in [5.41, 5.74) is -0.0142. The summed E-state index contributed by atoms with van der Waals surface area (Å²) in [6.45, 7) is 0. The summed E-state index contributed by atoms with van der Waals surface area (Å²) in [5.74, 6) is 0. The third-order valence-electron chi connectivity index (χ3n) is 2.66. The van der Waals surface area contributed by atoms with E-state index in [1.807, 2.05) is 0 Å². The largest absolute Gasteiger partial charge is 0.383 e. The molecule has 0 aromatic carbocycles. The number of nitrogens with zero attached hydrogens (tertiary/aromatic N) is 3. The van der Waals surface area contributed by atoms with Crippen molar-refractivity contribution in [3.63, 3.8) is 0 Å². The lowest BCUT2D eigenvalue weighted by molar-refractivity contribution is -0.137. The molecule has 1 aliphatic carbocycles. The molecule has 0 spiro atoms. The van der Waals surface area contributed by atoms with E-state index in [1.165, 1.54) is 0 Å². The fourth-order valence-corrected chi connectivity index (χ4v) is 1.78. The maximum atomic E-state index is 10.1. The fourth-order valence-electron chi connectivity index (χ4n) is 1.78. The van der Waals surface area contributed by atoms with Crippen molar-refractivity contribution in [2.24, 2.45) is 7.05 Å². The van der Waals surface area contributed by atoms with Gasteiger partial charge in [-0.2, -0.15) is 0 Å². The monoisotopic (exact) mass is 183 g/mol. The molecular formula is C8H13N3O2. The molecule has 0 bridgehead atoms. The summed E-state index contributed by atoms with van der Waals surface area (Å²) in [5, 5.41) is 17.6. The van der Waals surface area contributed by atoms with Crippen molar-refractivity contribution >= 4 is 0 Å². The highest BCUT2D eigenvalue weighted by molar-refractivity contribution is 5.14. The molecule has 1 saturated carbocycles. The van der Waals surface area contributed by atoms with Crippen LogP contribution in [0.15, 0.2) is 6.20 Å². The summed E-state index contributed by atoms with van der Waals surface area (Å²) in [6, 6.07) is 0. The Kier molecular flexibility index (Phi) is 1.85. The first-order valence-electron chi connectivity index (χ1n) is 4.26. The van der Waals surface area contributed by atoms with Gasteiger partial charge in [-0.05, 0) is 0 Å². The highest BCUT2D eigenvalue weighted by atomic mass is 16.5. The number of aromatic nitrogens is 3. The van der Waals surface area contributed by atoms with Crippen molar-refractivity contribution in [2.75, 3.05) is 7.11 Å². The molecule has 5 nitrogen and oxygen atoms in total. The van der Waals surface area contributed by atoms with E-state index >= 15 is 0 Å². The summed E-state index contributed by atoms with van der Waals surface area (Å²) in [4.78, 5) is 0. The predicted octanol–water partition coefficient (Wildman–Crippen LogP) is -0.189. The van der Waals surface area contributed by atoms with Crippen LogP contribution in [0, 0.1) is 0 Å². The SMILES string of the molecule is COC1CC(O)(c2cnnn2C)C1. The number of rotatable bonds is 2. The lowest BCUT2D eigenvalue weighted by Gasteiger charge is -2.42. The Morgan fingerprint density at radius 3 is 2.85 bits per heavy atom. The third kappa shape index (κ3) is 1.24. The van der Waals surface area contributed by atoms with E-state index in [0.717, 1.165) is 5.69 Å². The number of aryl methyl sites for hydroxylation is 1. The Hall–Kier alpha value is -0.940. The van der Waals surface area contributed by atoms with Gasteiger partial charge in [0, 0.05) is 27.0 Å². The third-order valence-corrected chi connectivity index (χ3v) is 2.66. The van der Waals surface area contributed by atoms with Gasteiger partial charge in [0.15, 0.2) is 0 Å². The Morgan fingerprint density at radius 2 is 2.38 bits per heavy atom. The zero-order valence-corrected chi connectivity index (χ0v) is 7.77. The van der Waals surface area contributed by atoms with Crippen LogP contribution in [-0.4, -0.2) is 33.3 Å². The minimum Gasteiger partial charge on any atom is -0.383 e. The maximum Gasteiger partial charge on any atom is 0.113 e. The van der Waals surface area contributed by atoms with Crippen LogP contribution in [0.1, 0.15) is 18.5 Å². The Balaban J connectivity index is 2.15. The molecule has 1 aromatic heterocycles. The Bertz CT molecular complexity index is 304. The van der Waals surface area contributed by atoms with Crippen LogP contribution in [0.2, 0.25) is 0 Å². The molecule has 0 unspecified atom stereocenters. The average Bonchev–Trinajstić information content (AvgIpc) is 2.46. The van der Waals surface area contributed by atoms with Crippen molar-refractivity contribution < 1.29 is 9.84 Å². The molecule has 0 saturated heterocycles. The minimum atomic E-state index is -0.779. The average molecular weight is 183 g/mol. The van der Waals surface area contributed by atoms with Crippen LogP contribution in [0.25, 0.3) is 0 Å². The van der Waals surface area contributed by atoms with Crippen molar-refractivity contribution in [2.45, 2.75) is 24.5 Å². The maximum absolute atomic E-state index is 10.1. The number of methoxy groups -OCH3 is 1. The van der Waals surface area contributed by atoms with E-state index in [2.05, 4.69) is 10.3 Å². The molecule has 1 aliphatic rings. The van der Waals surface area contributed by atoms with E-state index in [4.69, 9.17) is 4.74 Å². The normalized spacial score (nSPS) is 33.0. The van der Waals surface area contributed by atoms with Crippen molar-refractivity contribution in [1.82, 2.24) is 15.0 Å². The fraction of sp³-hybridized carbons (Fsp3) is 0.750. The molecule has 0 atom stereocenters. The number of ether oxygens (including phenoxy) is 1. The molecule has 5 heteroatoms. The molecule has 0 radical (unpaired) electrons. The highest BCUT2D eigenvalue weighted by Gasteiger charge is 2.46. The zero-order chi connectivity index (χ0) is 9.47. The second kappa shape index (κ2) is 2.78. The van der Waals surface area contributed by atoms with Crippen molar-refractivity contribution in [3.05, 3.63) is 11.9 Å². The molecule has 72 valence electrons. The van der Waals surface area contributed by atoms with Gasteiger partial charge < -0.3 is 9.84 Å². The van der Waals surface area contributed by atoms with Crippen LogP contribution >= 0.6 is 0 Å². The molecular weight excluding hydrogens is 170 g/mol. The van der Waals surface area contributed by atoms with Gasteiger partial charge in [0.05, 0.1) is 18.0 Å². The summed E-state index contributed by atoms with van der Waals surface area (Å²) in [7, 11) is 3.44. The number of aliphatic hydroxyl groups is 1. The van der Waals surface area contributed by atoms with E-state index < -0.39 is 5.60 Å². The van der Waals surface area contributed by atoms with Gasteiger partial charge in [-0.3, -0.25) is 0 Å². The molecule has 0 amide bonds. The molecule has 13 heavy (non-hydrogen) atoms. The topological polar surface area (TPSA) is 60.2 Å². The van der Waals surface area contributed by atoms with Crippen molar-refractivity contribution in [1.29, 1.82) is 0 Å². The van der Waals surface area contributed by atoms with Gasteiger partial charge in [0.25, 0.3) is 0 Å². The first-order chi connectivity index (χ1) is 6.15. The quantitative estimate of drug-likeness (QED) is 0.690. The second-order valence-corrected chi connectivity index (χ2v) is 3.54. The van der Waals surface area contributed by atoms with Gasteiger partial charge in [-0.25, -0.2) is 4.68 Å². The Morgan fingerprint density at radius 1 is 1.69 bits per heavy atom. The number of hydrogen-bond acceptors (Lipinski definition) is 4. The highest BCUT2D eigenvalue weighted by Crippen LogP contribution is 2.41. The first kappa shape index (κ1) is 8.65. The van der Waals surface area contributed by atoms with Gasteiger partial charge >= 0.3 is 0 Å². The second-order valence-electron chi connectivity index (χ2n) is 3.54. The van der Waals surface area contributed by atoms with Crippen LogP contribution in [-0.2, 0) is 17.4 Å². The van der Waals surface area contributed by atoms with E-state index in [-0.39, 0.29) is 6.10 Å². The number of hydrogen-bond donors (Lipinski definition) is 1.